The molecule has 0 aromatic heterocycles. The Morgan fingerprint density at radius 3 is 2.08 bits per heavy atom. The van der Waals surface area contributed by atoms with Crippen LogP contribution in [0.5, 0.6) is 0 Å². The minimum absolute atomic E-state index is 0.558. The molecule has 1 fully saturated rings. The van der Waals surface area contributed by atoms with Crippen LogP contribution in [0.15, 0.2) is 0 Å². The average molecular weight is 182 g/mol. The lowest BCUT2D eigenvalue weighted by Crippen LogP contribution is -2.39. The van der Waals surface area contributed by atoms with Gasteiger partial charge < -0.3 is 5.11 Å². The molecule has 12 heavy (non-hydrogen) atoms. The summed E-state index contributed by atoms with van der Waals surface area (Å²) in [5.74, 6) is -2.77. The molecule has 1 aliphatic carbocycles. The van der Waals surface area contributed by atoms with Crippen LogP contribution in [0.3, 0.4) is 0 Å². The Kier molecular flexibility index (Phi) is 2.59. The smallest absolute Gasteiger partial charge is 0.309 e. The van der Waals surface area contributed by atoms with E-state index in [9.17, 15) is 18.0 Å². The van der Waals surface area contributed by atoms with Gasteiger partial charge in [-0.15, -0.1) is 0 Å². The van der Waals surface area contributed by atoms with Crippen molar-refractivity contribution in [1.82, 2.24) is 0 Å². The number of hydrogen-bond acceptors (Lipinski definition) is 1. The van der Waals surface area contributed by atoms with Crippen molar-refractivity contribution in [3.63, 3.8) is 0 Å². The lowest BCUT2D eigenvalue weighted by atomic mass is 9.85. The second-order valence-corrected chi connectivity index (χ2v) is 2.96. The Morgan fingerprint density at radius 1 is 1.08 bits per heavy atom. The Balaban J connectivity index is 2.61. The summed E-state index contributed by atoms with van der Waals surface area (Å²) in [4.78, 5) is 10.3. The number of alkyl halides is 3. The number of halogens is 3. The summed E-state index contributed by atoms with van der Waals surface area (Å²) in [7, 11) is 0. The SMILES string of the molecule is O=C(O)C1CC(F)C(F)CC1F. The predicted octanol–water partition coefficient (Wildman–Crippen LogP) is 1.50. The van der Waals surface area contributed by atoms with Crippen LogP contribution in [-0.2, 0) is 4.79 Å². The second-order valence-electron chi connectivity index (χ2n) is 2.96. The van der Waals surface area contributed by atoms with Gasteiger partial charge in [-0.05, 0) is 6.42 Å². The first kappa shape index (κ1) is 9.35. The van der Waals surface area contributed by atoms with Crippen LogP contribution in [0.4, 0.5) is 13.2 Å². The molecule has 1 N–H and O–H groups in total. The first-order chi connectivity index (χ1) is 5.52. The van der Waals surface area contributed by atoms with Gasteiger partial charge in [-0.1, -0.05) is 0 Å². The Labute approximate surface area is 67.4 Å². The molecule has 70 valence electrons. The molecule has 0 aliphatic heterocycles. The molecule has 0 heterocycles. The topological polar surface area (TPSA) is 37.3 Å². The number of carbonyl (C=O) groups is 1. The van der Waals surface area contributed by atoms with Crippen molar-refractivity contribution in [2.24, 2.45) is 5.92 Å². The van der Waals surface area contributed by atoms with E-state index in [0.29, 0.717) is 0 Å². The third kappa shape index (κ3) is 1.70. The third-order valence-electron chi connectivity index (χ3n) is 2.08. The first-order valence-corrected chi connectivity index (χ1v) is 3.67. The summed E-state index contributed by atoms with van der Waals surface area (Å²) in [5, 5.41) is 8.38. The van der Waals surface area contributed by atoms with Gasteiger partial charge in [-0.2, -0.15) is 0 Å². The van der Waals surface area contributed by atoms with E-state index in [4.69, 9.17) is 5.11 Å². The van der Waals surface area contributed by atoms with Gasteiger partial charge in [0.1, 0.15) is 18.5 Å². The maximum absolute atomic E-state index is 12.7. The molecule has 0 aromatic carbocycles. The summed E-state index contributed by atoms with van der Waals surface area (Å²) in [6, 6.07) is 0. The monoisotopic (exact) mass is 182 g/mol. The fourth-order valence-corrected chi connectivity index (χ4v) is 1.32. The zero-order chi connectivity index (χ0) is 9.30. The molecule has 0 radical (unpaired) electrons. The van der Waals surface area contributed by atoms with E-state index in [1.807, 2.05) is 0 Å². The van der Waals surface area contributed by atoms with Crippen LogP contribution in [0.25, 0.3) is 0 Å². The molecule has 2 nitrogen and oxygen atoms in total. The van der Waals surface area contributed by atoms with E-state index in [0.717, 1.165) is 0 Å². The Morgan fingerprint density at radius 2 is 1.58 bits per heavy atom. The molecular formula is C7H9F3O2. The van der Waals surface area contributed by atoms with Gasteiger partial charge in [0.05, 0.1) is 5.92 Å². The lowest BCUT2D eigenvalue weighted by molar-refractivity contribution is -0.147. The van der Waals surface area contributed by atoms with Crippen molar-refractivity contribution in [1.29, 1.82) is 0 Å². The minimum Gasteiger partial charge on any atom is -0.481 e. The molecule has 0 bridgehead atoms. The maximum atomic E-state index is 12.7. The van der Waals surface area contributed by atoms with Crippen LogP contribution >= 0.6 is 0 Å². The van der Waals surface area contributed by atoms with Crippen molar-refractivity contribution in [3.8, 4) is 0 Å². The molecule has 0 aromatic rings. The van der Waals surface area contributed by atoms with Crippen LogP contribution in [0.1, 0.15) is 12.8 Å². The largest absolute Gasteiger partial charge is 0.481 e. The van der Waals surface area contributed by atoms with Gasteiger partial charge >= 0.3 is 5.97 Å². The summed E-state index contributed by atoms with van der Waals surface area (Å²) < 4.78 is 37.7. The van der Waals surface area contributed by atoms with Crippen molar-refractivity contribution >= 4 is 5.97 Å². The van der Waals surface area contributed by atoms with Gasteiger partial charge in [0.15, 0.2) is 0 Å². The van der Waals surface area contributed by atoms with Crippen LogP contribution < -0.4 is 0 Å². The van der Waals surface area contributed by atoms with Crippen LogP contribution in [0, 0.1) is 5.92 Å². The summed E-state index contributed by atoms with van der Waals surface area (Å²) in [6.45, 7) is 0. The highest BCUT2D eigenvalue weighted by Gasteiger charge is 2.41. The van der Waals surface area contributed by atoms with Gasteiger partial charge in [0.2, 0.25) is 0 Å². The molecule has 0 saturated heterocycles. The predicted molar refractivity (Wildman–Crippen MR) is 35.0 cm³/mol. The number of hydrogen-bond donors (Lipinski definition) is 1. The molecule has 0 amide bonds. The van der Waals surface area contributed by atoms with Crippen molar-refractivity contribution in [2.45, 2.75) is 31.4 Å². The van der Waals surface area contributed by atoms with E-state index < -0.39 is 43.2 Å². The quantitative estimate of drug-likeness (QED) is 0.667. The van der Waals surface area contributed by atoms with Crippen molar-refractivity contribution in [2.75, 3.05) is 0 Å². The standard InChI is InChI=1S/C7H9F3O2/c8-4-2-6(10)5(9)1-3(4)7(11)12/h3-6H,1-2H2,(H,11,12). The highest BCUT2D eigenvalue weighted by atomic mass is 19.2. The first-order valence-electron chi connectivity index (χ1n) is 3.67. The fourth-order valence-electron chi connectivity index (χ4n) is 1.32. The van der Waals surface area contributed by atoms with Crippen molar-refractivity contribution in [3.05, 3.63) is 0 Å². The molecule has 1 aliphatic rings. The van der Waals surface area contributed by atoms with E-state index in [1.165, 1.54) is 0 Å². The maximum Gasteiger partial charge on any atom is 0.309 e. The van der Waals surface area contributed by atoms with Crippen LogP contribution in [-0.4, -0.2) is 29.6 Å². The van der Waals surface area contributed by atoms with E-state index in [-0.39, 0.29) is 0 Å². The molecular weight excluding hydrogens is 173 g/mol. The second kappa shape index (κ2) is 3.33. The van der Waals surface area contributed by atoms with Gasteiger partial charge in [-0.25, -0.2) is 13.2 Å². The molecule has 0 spiro atoms. The number of rotatable bonds is 1. The fraction of sp³-hybridized carbons (Fsp3) is 0.857. The third-order valence-corrected chi connectivity index (χ3v) is 2.08. The molecule has 5 heteroatoms. The van der Waals surface area contributed by atoms with Gasteiger partial charge in [0, 0.05) is 6.42 Å². The molecule has 1 saturated carbocycles. The number of carboxylic acid groups (broad SMARTS) is 1. The van der Waals surface area contributed by atoms with E-state index in [2.05, 4.69) is 0 Å². The van der Waals surface area contributed by atoms with Gasteiger partial charge in [-0.3, -0.25) is 4.79 Å². The molecule has 4 unspecified atom stereocenters. The number of aliphatic carboxylic acids is 1. The normalized spacial score (nSPS) is 42.6. The average Bonchev–Trinajstić information content (AvgIpc) is 1.96. The highest BCUT2D eigenvalue weighted by molar-refractivity contribution is 5.71. The zero-order valence-corrected chi connectivity index (χ0v) is 6.21. The summed E-state index contributed by atoms with van der Waals surface area (Å²) in [5.41, 5.74) is 0. The summed E-state index contributed by atoms with van der Waals surface area (Å²) in [6.07, 6.45) is -6.64. The van der Waals surface area contributed by atoms with Crippen LogP contribution in [0.2, 0.25) is 0 Å². The van der Waals surface area contributed by atoms with Crippen molar-refractivity contribution < 1.29 is 23.1 Å². The van der Waals surface area contributed by atoms with Gasteiger partial charge in [0.25, 0.3) is 0 Å². The Hall–Kier alpha value is -0.740. The summed E-state index contributed by atoms with van der Waals surface area (Å²) >= 11 is 0. The van der Waals surface area contributed by atoms with E-state index >= 15 is 0 Å². The number of carboxylic acids is 1. The molecule has 4 atom stereocenters. The highest BCUT2D eigenvalue weighted by Crippen LogP contribution is 2.31. The Bertz CT molecular complexity index is 185. The molecule has 1 rings (SSSR count). The van der Waals surface area contributed by atoms with E-state index in [1.54, 1.807) is 0 Å². The lowest BCUT2D eigenvalue weighted by Gasteiger charge is -2.27. The minimum atomic E-state index is -1.85. The zero-order valence-electron chi connectivity index (χ0n) is 6.21.